The molecule has 3 atom stereocenters. The van der Waals surface area contributed by atoms with E-state index in [-0.39, 0.29) is 17.4 Å². The van der Waals surface area contributed by atoms with Crippen LogP contribution in [0.1, 0.15) is 37.6 Å². The van der Waals surface area contributed by atoms with Crippen LogP contribution in [-0.2, 0) is 9.53 Å². The second-order valence-corrected chi connectivity index (χ2v) is 6.69. The Morgan fingerprint density at radius 1 is 1.53 bits per heavy atom. The molecule has 3 unspecified atom stereocenters. The van der Waals surface area contributed by atoms with Gasteiger partial charge in [0.05, 0.1) is 18.4 Å². The van der Waals surface area contributed by atoms with Gasteiger partial charge in [-0.3, -0.25) is 4.79 Å². The lowest BCUT2D eigenvalue weighted by atomic mass is 10.1. The molecule has 0 aromatic carbocycles. The minimum Gasteiger partial charge on any atom is -0.481 e. The zero-order valence-corrected chi connectivity index (χ0v) is 11.6. The summed E-state index contributed by atoms with van der Waals surface area (Å²) in [5, 5.41) is 13.1. The Kier molecular flexibility index (Phi) is 3.05. The number of hydrogen-bond acceptors (Lipinski definition) is 6. The number of carboxylic acid groups (broad SMARTS) is 1. The van der Waals surface area contributed by atoms with Crippen LogP contribution in [0, 0.1) is 11.3 Å². The molecular formula is C12H16N2O4S. The predicted octanol–water partition coefficient (Wildman–Crippen LogP) is 1.70. The molecule has 0 radical (unpaired) electrons. The quantitative estimate of drug-likeness (QED) is 0.904. The fourth-order valence-electron chi connectivity index (χ4n) is 2.70. The molecule has 0 bridgehead atoms. The summed E-state index contributed by atoms with van der Waals surface area (Å²) in [6, 6.07) is 0. The third kappa shape index (κ3) is 2.14. The van der Waals surface area contributed by atoms with Crippen molar-refractivity contribution in [2.45, 2.75) is 25.9 Å². The van der Waals surface area contributed by atoms with E-state index in [2.05, 4.69) is 10.1 Å². The van der Waals surface area contributed by atoms with Gasteiger partial charge in [0.25, 0.3) is 0 Å². The van der Waals surface area contributed by atoms with E-state index in [9.17, 15) is 4.79 Å². The first-order valence-electron chi connectivity index (χ1n) is 6.27. The van der Waals surface area contributed by atoms with Gasteiger partial charge < -0.3 is 14.4 Å². The highest BCUT2D eigenvalue weighted by atomic mass is 32.2. The lowest BCUT2D eigenvalue weighted by Gasteiger charge is -2.18. The lowest BCUT2D eigenvalue weighted by Crippen LogP contribution is -2.16. The first-order chi connectivity index (χ1) is 9.01. The van der Waals surface area contributed by atoms with Gasteiger partial charge in [-0.25, -0.2) is 0 Å². The number of nitrogens with zero attached hydrogens (tertiary/aromatic N) is 2. The van der Waals surface area contributed by atoms with Crippen LogP contribution >= 0.6 is 11.8 Å². The lowest BCUT2D eigenvalue weighted by molar-refractivity contribution is -0.139. The monoisotopic (exact) mass is 284 g/mol. The molecule has 1 saturated heterocycles. The molecular weight excluding hydrogens is 268 g/mol. The maximum atomic E-state index is 11.2. The van der Waals surface area contributed by atoms with E-state index < -0.39 is 11.9 Å². The summed E-state index contributed by atoms with van der Waals surface area (Å²) in [4.78, 5) is 15.5. The van der Waals surface area contributed by atoms with Crippen LogP contribution in [0.15, 0.2) is 4.52 Å². The molecule has 3 rings (SSSR count). The summed E-state index contributed by atoms with van der Waals surface area (Å²) in [6.07, 6.45) is -0.138. The standard InChI is InChI=1S/C12H16N2O4S/c1-12(2)7(8(12)11(15)16)10-13-9(14-18-10)6-5-19-4-3-17-6/h6-8H,3-5H2,1-2H3,(H,15,16). The first kappa shape index (κ1) is 12.9. The number of aliphatic carboxylic acids is 1. The zero-order chi connectivity index (χ0) is 13.6. The Morgan fingerprint density at radius 2 is 2.32 bits per heavy atom. The number of rotatable bonds is 3. The van der Waals surface area contributed by atoms with Gasteiger partial charge >= 0.3 is 5.97 Å². The van der Waals surface area contributed by atoms with Crippen LogP contribution in [0.4, 0.5) is 0 Å². The minimum absolute atomic E-state index is 0.138. The fourth-order valence-corrected chi connectivity index (χ4v) is 3.54. The van der Waals surface area contributed by atoms with Crippen LogP contribution in [-0.4, -0.2) is 39.3 Å². The van der Waals surface area contributed by atoms with Gasteiger partial charge in [0, 0.05) is 11.5 Å². The van der Waals surface area contributed by atoms with Crippen LogP contribution in [0.25, 0.3) is 0 Å². The van der Waals surface area contributed by atoms with Crippen LogP contribution < -0.4 is 0 Å². The summed E-state index contributed by atoms with van der Waals surface area (Å²) >= 11 is 1.80. The highest BCUT2D eigenvalue weighted by Gasteiger charge is 2.65. The van der Waals surface area contributed by atoms with E-state index in [1.54, 1.807) is 11.8 Å². The van der Waals surface area contributed by atoms with E-state index in [0.717, 1.165) is 11.5 Å². The zero-order valence-electron chi connectivity index (χ0n) is 10.8. The predicted molar refractivity (Wildman–Crippen MR) is 68.0 cm³/mol. The maximum Gasteiger partial charge on any atom is 0.307 e. The number of aromatic nitrogens is 2. The van der Waals surface area contributed by atoms with Gasteiger partial charge in [0.2, 0.25) is 11.7 Å². The van der Waals surface area contributed by atoms with Crippen molar-refractivity contribution in [1.82, 2.24) is 10.1 Å². The van der Waals surface area contributed by atoms with E-state index in [0.29, 0.717) is 18.3 Å². The van der Waals surface area contributed by atoms with Gasteiger partial charge in [-0.1, -0.05) is 19.0 Å². The van der Waals surface area contributed by atoms with Crippen molar-refractivity contribution in [2.24, 2.45) is 11.3 Å². The minimum atomic E-state index is -0.806. The van der Waals surface area contributed by atoms with Crippen molar-refractivity contribution in [3.63, 3.8) is 0 Å². The molecule has 19 heavy (non-hydrogen) atoms. The summed E-state index contributed by atoms with van der Waals surface area (Å²) in [5.74, 6) is 1.32. The molecule has 1 aromatic rings. The highest BCUT2D eigenvalue weighted by Crippen LogP contribution is 2.64. The molecule has 0 amide bonds. The maximum absolute atomic E-state index is 11.2. The molecule has 6 nitrogen and oxygen atoms in total. The van der Waals surface area contributed by atoms with Crippen LogP contribution in [0.2, 0.25) is 0 Å². The van der Waals surface area contributed by atoms with Gasteiger partial charge in [0.1, 0.15) is 6.10 Å². The molecule has 2 fully saturated rings. The van der Waals surface area contributed by atoms with Crippen molar-refractivity contribution >= 4 is 17.7 Å². The van der Waals surface area contributed by atoms with Crippen LogP contribution in [0.3, 0.4) is 0 Å². The number of ether oxygens (including phenoxy) is 1. The Bertz CT molecular complexity index is 496. The molecule has 1 saturated carbocycles. The van der Waals surface area contributed by atoms with Crippen molar-refractivity contribution in [3.05, 3.63) is 11.7 Å². The SMILES string of the molecule is CC1(C)C(C(=O)O)C1c1nc(C2CSCCO2)no1. The Morgan fingerprint density at radius 3 is 2.89 bits per heavy atom. The molecule has 104 valence electrons. The van der Waals surface area contributed by atoms with Crippen molar-refractivity contribution in [1.29, 1.82) is 0 Å². The molecule has 1 N–H and O–H groups in total. The summed E-state index contributed by atoms with van der Waals surface area (Å²) in [7, 11) is 0. The second-order valence-electron chi connectivity index (χ2n) is 5.54. The molecule has 7 heteroatoms. The van der Waals surface area contributed by atoms with E-state index in [1.807, 2.05) is 13.8 Å². The average molecular weight is 284 g/mol. The van der Waals surface area contributed by atoms with E-state index >= 15 is 0 Å². The highest BCUT2D eigenvalue weighted by molar-refractivity contribution is 7.99. The van der Waals surface area contributed by atoms with Gasteiger partial charge in [-0.05, 0) is 5.41 Å². The summed E-state index contributed by atoms with van der Waals surface area (Å²) in [5.41, 5.74) is -0.322. The number of hydrogen-bond donors (Lipinski definition) is 1. The van der Waals surface area contributed by atoms with E-state index in [1.165, 1.54) is 0 Å². The van der Waals surface area contributed by atoms with Crippen LogP contribution in [0.5, 0.6) is 0 Å². The smallest absolute Gasteiger partial charge is 0.307 e. The topological polar surface area (TPSA) is 85.5 Å². The average Bonchev–Trinajstić information content (AvgIpc) is 2.76. The van der Waals surface area contributed by atoms with Crippen molar-refractivity contribution < 1.29 is 19.2 Å². The molecule has 0 spiro atoms. The second kappa shape index (κ2) is 4.49. The Hall–Kier alpha value is -1.08. The van der Waals surface area contributed by atoms with Crippen molar-refractivity contribution in [3.8, 4) is 0 Å². The van der Waals surface area contributed by atoms with Gasteiger partial charge in [0.15, 0.2) is 0 Å². The third-order valence-electron chi connectivity index (χ3n) is 3.92. The summed E-state index contributed by atoms with van der Waals surface area (Å²) in [6.45, 7) is 4.51. The molecule has 1 aromatic heterocycles. The molecule has 1 aliphatic carbocycles. The number of thioether (sulfide) groups is 1. The number of carbonyl (C=O) groups is 1. The van der Waals surface area contributed by atoms with Gasteiger partial charge in [-0.15, -0.1) is 0 Å². The molecule has 2 aliphatic rings. The van der Waals surface area contributed by atoms with E-state index in [4.69, 9.17) is 14.4 Å². The fraction of sp³-hybridized carbons (Fsp3) is 0.750. The molecule has 1 aliphatic heterocycles. The largest absolute Gasteiger partial charge is 0.481 e. The normalized spacial score (nSPS) is 33.1. The Balaban J connectivity index is 1.77. The third-order valence-corrected chi connectivity index (χ3v) is 4.91. The van der Waals surface area contributed by atoms with Crippen molar-refractivity contribution in [2.75, 3.05) is 18.1 Å². The summed E-state index contributed by atoms with van der Waals surface area (Å²) < 4.78 is 10.8. The number of carboxylic acids is 1. The molecule has 2 heterocycles. The first-order valence-corrected chi connectivity index (χ1v) is 7.43. The van der Waals surface area contributed by atoms with Gasteiger partial charge in [-0.2, -0.15) is 16.7 Å². The Labute approximate surface area is 114 Å².